The fourth-order valence-electron chi connectivity index (χ4n) is 5.48. The van der Waals surface area contributed by atoms with Crippen LogP contribution >= 0.6 is 0 Å². The van der Waals surface area contributed by atoms with Gasteiger partial charge in [0.15, 0.2) is 0 Å². The van der Waals surface area contributed by atoms with E-state index in [2.05, 4.69) is 48.0 Å². The smallest absolute Gasteiger partial charge is 0.122 e. The van der Waals surface area contributed by atoms with E-state index in [9.17, 15) is 0 Å². The zero-order valence-electron chi connectivity index (χ0n) is 17.0. The van der Waals surface area contributed by atoms with Crippen molar-refractivity contribution in [2.45, 2.75) is 65.0 Å². The van der Waals surface area contributed by atoms with Crippen LogP contribution in [0, 0.1) is 23.2 Å². The minimum atomic E-state index is 0.420. The standard InChI is InChI=1S/C22H34BO2/c1-13(18-12-17(24-6)8-9-21(18)25-7)15(3)23-20-11-16-10-19(14(20)2)22(16,4)5/h8-9,12-16,19-20H,10-11H2,1-7H3/t13-,14+,15+,16-,19+,20+/m0/s1. The lowest BCUT2D eigenvalue weighted by Gasteiger charge is -2.62. The van der Waals surface area contributed by atoms with Gasteiger partial charge in [-0.05, 0) is 53.7 Å². The van der Waals surface area contributed by atoms with E-state index in [1.165, 1.54) is 18.4 Å². The van der Waals surface area contributed by atoms with Gasteiger partial charge in [0.1, 0.15) is 18.8 Å². The molecule has 0 heterocycles. The normalized spacial score (nSPS) is 32.3. The minimum Gasteiger partial charge on any atom is -0.497 e. The molecule has 3 heteroatoms. The average molecular weight is 341 g/mol. The molecule has 0 N–H and O–H groups in total. The highest BCUT2D eigenvalue weighted by atomic mass is 16.5. The monoisotopic (exact) mass is 341 g/mol. The lowest BCUT2D eigenvalue weighted by molar-refractivity contribution is -0.0987. The highest BCUT2D eigenvalue weighted by molar-refractivity contribution is 6.40. The summed E-state index contributed by atoms with van der Waals surface area (Å²) in [6.07, 6.45) is 2.82. The molecule has 2 bridgehead atoms. The zero-order valence-corrected chi connectivity index (χ0v) is 17.0. The summed E-state index contributed by atoms with van der Waals surface area (Å²) in [4.78, 5) is 0. The summed E-state index contributed by atoms with van der Waals surface area (Å²) < 4.78 is 11.0. The van der Waals surface area contributed by atoms with Crippen LogP contribution in [-0.2, 0) is 0 Å². The quantitative estimate of drug-likeness (QED) is 0.608. The van der Waals surface area contributed by atoms with E-state index < -0.39 is 0 Å². The van der Waals surface area contributed by atoms with Crippen LogP contribution in [0.25, 0.3) is 0 Å². The molecule has 3 fully saturated rings. The molecule has 0 amide bonds. The number of hydrogen-bond donors (Lipinski definition) is 0. The maximum Gasteiger partial charge on any atom is 0.122 e. The number of benzene rings is 1. The van der Waals surface area contributed by atoms with Gasteiger partial charge in [-0.25, -0.2) is 0 Å². The molecule has 0 aromatic heterocycles. The summed E-state index contributed by atoms with van der Waals surface area (Å²) in [5.74, 6) is 6.20. The fraction of sp³-hybridized carbons (Fsp3) is 0.727. The van der Waals surface area contributed by atoms with Crippen LogP contribution in [-0.4, -0.2) is 21.5 Å². The van der Waals surface area contributed by atoms with Crippen molar-refractivity contribution in [1.29, 1.82) is 0 Å². The number of hydrogen-bond acceptors (Lipinski definition) is 2. The maximum absolute atomic E-state index is 5.61. The van der Waals surface area contributed by atoms with Crippen molar-refractivity contribution < 1.29 is 9.47 Å². The molecule has 2 nitrogen and oxygen atoms in total. The summed E-state index contributed by atoms with van der Waals surface area (Å²) in [7, 11) is 6.12. The minimum absolute atomic E-state index is 0.420. The first-order valence-electron chi connectivity index (χ1n) is 9.86. The summed E-state index contributed by atoms with van der Waals surface area (Å²) in [6, 6.07) is 6.14. The predicted octanol–water partition coefficient (Wildman–Crippen LogP) is 5.81. The second-order valence-electron chi connectivity index (χ2n) is 9.07. The van der Waals surface area contributed by atoms with Gasteiger partial charge in [-0.15, -0.1) is 0 Å². The fourth-order valence-corrected chi connectivity index (χ4v) is 5.48. The number of fused-ring (bicyclic) bond motifs is 2. The molecule has 1 aromatic rings. The largest absolute Gasteiger partial charge is 0.497 e. The summed E-state index contributed by atoms with van der Waals surface area (Å²) in [5, 5.41) is 0. The first-order chi connectivity index (χ1) is 11.8. The third-order valence-electron chi connectivity index (χ3n) is 7.68. The SMILES string of the molecule is COc1ccc(OC)c([C@@H](C)[C@@H](C)[B][C@@H]2C[C@@H]3C[C@H]([C@H]2C)C3(C)C)c1. The zero-order chi connectivity index (χ0) is 18.4. The van der Waals surface area contributed by atoms with Gasteiger partial charge >= 0.3 is 0 Å². The lowest BCUT2D eigenvalue weighted by atomic mass is 9.35. The molecular weight excluding hydrogens is 307 g/mol. The van der Waals surface area contributed by atoms with E-state index in [4.69, 9.17) is 9.47 Å². The van der Waals surface area contributed by atoms with Crippen LogP contribution in [0.4, 0.5) is 0 Å². The Kier molecular flexibility index (Phi) is 5.15. The Bertz CT molecular complexity index is 612. The third-order valence-corrected chi connectivity index (χ3v) is 7.68. The van der Waals surface area contributed by atoms with Gasteiger partial charge in [0.05, 0.1) is 14.2 Å². The molecule has 1 radical (unpaired) electrons. The van der Waals surface area contributed by atoms with Crippen molar-refractivity contribution in [2.75, 3.05) is 14.2 Å². The van der Waals surface area contributed by atoms with Crippen molar-refractivity contribution in [3.63, 3.8) is 0 Å². The van der Waals surface area contributed by atoms with Gasteiger partial charge in [-0.2, -0.15) is 0 Å². The van der Waals surface area contributed by atoms with Gasteiger partial charge in [-0.1, -0.05) is 52.7 Å². The molecular formula is C22H34BO2. The van der Waals surface area contributed by atoms with Crippen LogP contribution in [0.5, 0.6) is 11.5 Å². The Morgan fingerprint density at radius 1 is 1.12 bits per heavy atom. The molecule has 3 saturated carbocycles. The molecule has 25 heavy (non-hydrogen) atoms. The molecule has 3 aliphatic rings. The highest BCUT2D eigenvalue weighted by Gasteiger charge is 2.56. The van der Waals surface area contributed by atoms with Gasteiger partial charge in [0.25, 0.3) is 0 Å². The van der Waals surface area contributed by atoms with Gasteiger partial charge in [0.2, 0.25) is 0 Å². The highest BCUT2D eigenvalue weighted by Crippen LogP contribution is 2.64. The van der Waals surface area contributed by atoms with Gasteiger partial charge in [-0.3, -0.25) is 0 Å². The topological polar surface area (TPSA) is 18.5 Å². The molecule has 0 aliphatic heterocycles. The Hall–Kier alpha value is -1.12. The maximum atomic E-state index is 5.61. The summed E-state index contributed by atoms with van der Waals surface area (Å²) in [5.41, 5.74) is 1.81. The van der Waals surface area contributed by atoms with Crippen molar-refractivity contribution in [3.05, 3.63) is 23.8 Å². The van der Waals surface area contributed by atoms with Crippen molar-refractivity contribution in [3.8, 4) is 11.5 Å². The van der Waals surface area contributed by atoms with Gasteiger partial charge in [0, 0.05) is 5.56 Å². The molecule has 3 aliphatic carbocycles. The van der Waals surface area contributed by atoms with Gasteiger partial charge < -0.3 is 9.47 Å². The first kappa shape index (κ1) is 18.7. The van der Waals surface area contributed by atoms with Crippen LogP contribution in [0.1, 0.15) is 58.9 Å². The lowest BCUT2D eigenvalue weighted by Crippen LogP contribution is -2.54. The number of methoxy groups -OCH3 is 2. The Balaban J connectivity index is 1.71. The van der Waals surface area contributed by atoms with Crippen LogP contribution in [0.2, 0.25) is 11.6 Å². The summed E-state index contributed by atoms with van der Waals surface area (Å²) in [6.45, 7) is 12.1. The van der Waals surface area contributed by atoms with E-state index in [1.807, 2.05) is 12.1 Å². The van der Waals surface area contributed by atoms with Crippen LogP contribution in [0.15, 0.2) is 18.2 Å². The molecule has 6 atom stereocenters. The molecule has 137 valence electrons. The first-order valence-corrected chi connectivity index (χ1v) is 9.86. The second kappa shape index (κ2) is 6.89. The molecule has 0 saturated heterocycles. The summed E-state index contributed by atoms with van der Waals surface area (Å²) >= 11 is 0. The van der Waals surface area contributed by atoms with Crippen molar-refractivity contribution >= 4 is 7.28 Å². The molecule has 0 spiro atoms. The Morgan fingerprint density at radius 2 is 1.84 bits per heavy atom. The van der Waals surface area contributed by atoms with Crippen LogP contribution < -0.4 is 9.47 Å². The van der Waals surface area contributed by atoms with E-state index in [0.29, 0.717) is 17.2 Å². The van der Waals surface area contributed by atoms with E-state index in [-0.39, 0.29) is 0 Å². The Morgan fingerprint density at radius 3 is 2.40 bits per heavy atom. The van der Waals surface area contributed by atoms with Crippen molar-refractivity contribution in [2.24, 2.45) is 23.2 Å². The average Bonchev–Trinajstić information content (AvgIpc) is 2.61. The van der Waals surface area contributed by atoms with Crippen molar-refractivity contribution in [1.82, 2.24) is 0 Å². The second-order valence-corrected chi connectivity index (χ2v) is 9.07. The molecule has 0 unspecified atom stereocenters. The predicted molar refractivity (Wildman–Crippen MR) is 106 cm³/mol. The third kappa shape index (κ3) is 3.20. The van der Waals surface area contributed by atoms with E-state index in [0.717, 1.165) is 35.1 Å². The van der Waals surface area contributed by atoms with E-state index >= 15 is 0 Å². The van der Waals surface area contributed by atoms with E-state index in [1.54, 1.807) is 14.2 Å². The Labute approximate surface area is 154 Å². The van der Waals surface area contributed by atoms with Crippen LogP contribution in [0.3, 0.4) is 0 Å². The molecule has 1 aromatic carbocycles. The number of ether oxygens (including phenoxy) is 2. The number of rotatable bonds is 6. The molecule has 4 rings (SSSR count).